The number of aliphatic carboxylic acids is 1. The Morgan fingerprint density at radius 2 is 2.05 bits per heavy atom. The Hall–Kier alpha value is -1.26. The van der Waals surface area contributed by atoms with Gasteiger partial charge in [0, 0.05) is 12.5 Å². The molecule has 0 fully saturated rings. The number of carboxylic acid groups (broad SMARTS) is 1. The molecule has 0 radical (unpaired) electrons. The maximum Gasteiger partial charge on any atom is 0.305 e. The van der Waals surface area contributed by atoms with Crippen molar-refractivity contribution in [3.63, 3.8) is 0 Å². The van der Waals surface area contributed by atoms with E-state index in [0.717, 1.165) is 23.3 Å². The Labute approximate surface area is 127 Å². The van der Waals surface area contributed by atoms with Gasteiger partial charge >= 0.3 is 5.97 Å². The Bertz CT molecular complexity index is 652. The highest BCUT2D eigenvalue weighted by molar-refractivity contribution is 6.42. The number of benzene rings is 1. The Balaban J connectivity index is 2.58. The molecule has 0 saturated heterocycles. The average Bonchev–Trinajstić information content (AvgIpc) is 2.74. The molecule has 0 aliphatic heterocycles. The summed E-state index contributed by atoms with van der Waals surface area (Å²) in [7, 11) is 0. The fourth-order valence-corrected chi connectivity index (χ4v) is 2.46. The lowest BCUT2D eigenvalue weighted by Crippen LogP contribution is -2.10. The van der Waals surface area contributed by atoms with Gasteiger partial charge in [0.2, 0.25) is 0 Å². The fourth-order valence-electron chi connectivity index (χ4n) is 2.14. The van der Waals surface area contributed by atoms with Gasteiger partial charge in [-0.2, -0.15) is 0 Å². The number of nitrogens with zero attached hydrogens (tertiary/aromatic N) is 2. The van der Waals surface area contributed by atoms with Crippen LogP contribution in [0.5, 0.6) is 0 Å². The maximum atomic E-state index is 10.8. The highest BCUT2D eigenvalue weighted by Crippen LogP contribution is 2.31. The molecule has 0 spiro atoms. The van der Waals surface area contributed by atoms with Gasteiger partial charge in [-0.1, -0.05) is 37.0 Å². The first-order valence-corrected chi connectivity index (χ1v) is 7.26. The van der Waals surface area contributed by atoms with Crippen LogP contribution in [0.15, 0.2) is 12.1 Å². The molecule has 0 amide bonds. The predicted molar refractivity (Wildman–Crippen MR) is 80.7 cm³/mol. The SMILES string of the molecule is CCC(C)c1nc2cc(Cl)c(Cl)cc2n1CCC(=O)O. The largest absolute Gasteiger partial charge is 0.481 e. The van der Waals surface area contributed by atoms with Crippen LogP contribution < -0.4 is 0 Å². The van der Waals surface area contributed by atoms with Crippen molar-refractivity contribution < 1.29 is 9.90 Å². The second-order valence-electron chi connectivity index (χ2n) is 4.83. The molecular formula is C14H16Cl2N2O2. The van der Waals surface area contributed by atoms with Gasteiger partial charge in [-0.15, -0.1) is 0 Å². The van der Waals surface area contributed by atoms with Crippen molar-refractivity contribution >= 4 is 40.2 Å². The normalized spacial score (nSPS) is 12.8. The van der Waals surface area contributed by atoms with Crippen LogP contribution in [0, 0.1) is 0 Å². The molecule has 20 heavy (non-hydrogen) atoms. The summed E-state index contributed by atoms with van der Waals surface area (Å²) in [5.74, 6) is 0.290. The predicted octanol–water partition coefficient (Wildman–Crippen LogP) is 4.33. The maximum absolute atomic E-state index is 10.8. The Morgan fingerprint density at radius 3 is 2.65 bits per heavy atom. The summed E-state index contributed by atoms with van der Waals surface area (Å²) in [6.07, 6.45) is 0.979. The van der Waals surface area contributed by atoms with Gasteiger partial charge in [-0.3, -0.25) is 4.79 Å². The topological polar surface area (TPSA) is 55.1 Å². The molecule has 0 saturated carbocycles. The first-order valence-electron chi connectivity index (χ1n) is 6.51. The van der Waals surface area contributed by atoms with Gasteiger partial charge in [-0.25, -0.2) is 4.98 Å². The molecule has 0 aliphatic carbocycles. The van der Waals surface area contributed by atoms with Gasteiger partial charge < -0.3 is 9.67 Å². The van der Waals surface area contributed by atoms with Crippen LogP contribution in [-0.4, -0.2) is 20.6 Å². The number of imidazole rings is 1. The highest BCUT2D eigenvalue weighted by atomic mass is 35.5. The van der Waals surface area contributed by atoms with Gasteiger partial charge in [0.1, 0.15) is 5.82 Å². The van der Waals surface area contributed by atoms with Crippen LogP contribution >= 0.6 is 23.2 Å². The van der Waals surface area contributed by atoms with E-state index < -0.39 is 5.97 Å². The van der Waals surface area contributed by atoms with Gasteiger partial charge in [0.15, 0.2) is 0 Å². The molecule has 1 aromatic heterocycles. The molecule has 0 aliphatic rings. The quantitative estimate of drug-likeness (QED) is 0.893. The average molecular weight is 315 g/mol. The van der Waals surface area contributed by atoms with Crippen molar-refractivity contribution in [3.8, 4) is 0 Å². The number of halogens is 2. The monoisotopic (exact) mass is 314 g/mol. The third-order valence-corrected chi connectivity index (χ3v) is 4.14. The molecular weight excluding hydrogens is 299 g/mol. The summed E-state index contributed by atoms with van der Waals surface area (Å²) in [6, 6.07) is 3.47. The van der Waals surface area contributed by atoms with Crippen LogP contribution in [-0.2, 0) is 11.3 Å². The number of aromatic nitrogens is 2. The summed E-state index contributed by atoms with van der Waals surface area (Å²) < 4.78 is 1.93. The van der Waals surface area contributed by atoms with E-state index in [1.54, 1.807) is 12.1 Å². The first-order chi connectivity index (χ1) is 9.43. The minimum Gasteiger partial charge on any atom is -0.481 e. The van der Waals surface area contributed by atoms with Crippen molar-refractivity contribution in [2.45, 2.75) is 39.2 Å². The zero-order chi connectivity index (χ0) is 14.9. The second kappa shape index (κ2) is 6.02. The van der Waals surface area contributed by atoms with E-state index in [2.05, 4.69) is 18.8 Å². The van der Waals surface area contributed by atoms with Gasteiger partial charge in [-0.05, 0) is 18.6 Å². The minimum atomic E-state index is -0.831. The summed E-state index contributed by atoms with van der Waals surface area (Å²) in [5, 5.41) is 9.80. The zero-order valence-corrected chi connectivity index (χ0v) is 12.9. The number of rotatable bonds is 5. The van der Waals surface area contributed by atoms with Gasteiger partial charge in [0.25, 0.3) is 0 Å². The first kappa shape index (κ1) is 15.1. The van der Waals surface area contributed by atoms with Crippen LogP contribution in [0.4, 0.5) is 0 Å². The lowest BCUT2D eigenvalue weighted by atomic mass is 10.1. The smallest absolute Gasteiger partial charge is 0.305 e. The van der Waals surface area contributed by atoms with Crippen molar-refractivity contribution in [3.05, 3.63) is 28.0 Å². The molecule has 0 bridgehead atoms. The van der Waals surface area contributed by atoms with E-state index in [1.807, 2.05) is 4.57 Å². The molecule has 6 heteroatoms. The van der Waals surface area contributed by atoms with Gasteiger partial charge in [0.05, 0.1) is 27.5 Å². The van der Waals surface area contributed by atoms with Crippen molar-refractivity contribution in [2.75, 3.05) is 0 Å². The molecule has 108 valence electrons. The fraction of sp³-hybridized carbons (Fsp3) is 0.429. The summed E-state index contributed by atoms with van der Waals surface area (Å²) >= 11 is 12.1. The number of carbonyl (C=O) groups is 1. The third-order valence-electron chi connectivity index (χ3n) is 3.42. The number of aryl methyl sites for hydroxylation is 1. The highest BCUT2D eigenvalue weighted by Gasteiger charge is 2.17. The number of hydrogen-bond acceptors (Lipinski definition) is 2. The third kappa shape index (κ3) is 2.91. The van der Waals surface area contributed by atoms with Crippen molar-refractivity contribution in [1.29, 1.82) is 0 Å². The van der Waals surface area contributed by atoms with E-state index >= 15 is 0 Å². The Kier molecular flexibility index (Phi) is 4.55. The molecule has 1 aromatic carbocycles. The molecule has 1 unspecified atom stereocenters. The van der Waals surface area contributed by atoms with E-state index in [1.165, 1.54) is 0 Å². The number of fused-ring (bicyclic) bond motifs is 1. The number of carboxylic acids is 1. The number of hydrogen-bond donors (Lipinski definition) is 1. The summed E-state index contributed by atoms with van der Waals surface area (Å²) in [5.41, 5.74) is 1.58. The van der Waals surface area contributed by atoms with E-state index in [9.17, 15) is 4.79 Å². The van der Waals surface area contributed by atoms with Crippen LogP contribution in [0.3, 0.4) is 0 Å². The van der Waals surface area contributed by atoms with E-state index in [4.69, 9.17) is 28.3 Å². The van der Waals surface area contributed by atoms with E-state index in [-0.39, 0.29) is 12.3 Å². The molecule has 1 atom stereocenters. The molecule has 2 aromatic rings. The van der Waals surface area contributed by atoms with Crippen molar-refractivity contribution in [1.82, 2.24) is 9.55 Å². The molecule has 1 N–H and O–H groups in total. The van der Waals surface area contributed by atoms with Crippen LogP contribution in [0.2, 0.25) is 10.0 Å². The van der Waals surface area contributed by atoms with Crippen LogP contribution in [0.25, 0.3) is 11.0 Å². The van der Waals surface area contributed by atoms with Crippen LogP contribution in [0.1, 0.15) is 38.4 Å². The summed E-state index contributed by atoms with van der Waals surface area (Å²) in [4.78, 5) is 15.4. The standard InChI is InChI=1S/C14H16Cl2N2O2/c1-3-8(2)14-17-11-6-9(15)10(16)7-12(11)18(14)5-4-13(19)20/h6-8H,3-5H2,1-2H3,(H,19,20). The molecule has 4 nitrogen and oxygen atoms in total. The second-order valence-corrected chi connectivity index (χ2v) is 5.64. The van der Waals surface area contributed by atoms with E-state index in [0.29, 0.717) is 16.6 Å². The summed E-state index contributed by atoms with van der Waals surface area (Å²) in [6.45, 7) is 4.52. The lowest BCUT2D eigenvalue weighted by Gasteiger charge is -2.12. The molecule has 2 rings (SSSR count). The lowest BCUT2D eigenvalue weighted by molar-refractivity contribution is -0.137. The molecule has 1 heterocycles. The van der Waals surface area contributed by atoms with Crippen molar-refractivity contribution in [2.24, 2.45) is 0 Å². The minimum absolute atomic E-state index is 0.0507. The zero-order valence-electron chi connectivity index (χ0n) is 11.4. The Morgan fingerprint density at radius 1 is 1.40 bits per heavy atom.